The fraction of sp³-hybridized carbons (Fsp3) is 0.353. The van der Waals surface area contributed by atoms with Crippen molar-refractivity contribution >= 4 is 11.9 Å². The molecule has 0 bridgehead atoms. The first-order chi connectivity index (χ1) is 11.1. The number of ether oxygens (including phenoxy) is 1. The molecular formula is C17H20N2O4. The van der Waals surface area contributed by atoms with E-state index in [9.17, 15) is 9.59 Å². The van der Waals surface area contributed by atoms with E-state index in [-0.39, 0.29) is 5.91 Å². The van der Waals surface area contributed by atoms with Gasteiger partial charge in [-0.05, 0) is 31.5 Å². The molecule has 0 unspecified atom stereocenters. The summed E-state index contributed by atoms with van der Waals surface area (Å²) in [6.45, 7) is 5.20. The minimum atomic E-state index is -0.508. The zero-order chi connectivity index (χ0) is 16.8. The van der Waals surface area contributed by atoms with Gasteiger partial charge in [-0.3, -0.25) is 4.79 Å². The number of methoxy groups -OCH3 is 1. The van der Waals surface area contributed by atoms with Crippen LogP contribution in [0.15, 0.2) is 35.1 Å². The summed E-state index contributed by atoms with van der Waals surface area (Å²) in [6.07, 6.45) is 3.82. The number of esters is 1. The van der Waals surface area contributed by atoms with E-state index in [1.165, 1.54) is 19.6 Å². The van der Waals surface area contributed by atoms with Gasteiger partial charge in [-0.25, -0.2) is 9.78 Å². The highest BCUT2D eigenvalue weighted by Crippen LogP contribution is 2.22. The van der Waals surface area contributed by atoms with Crippen LogP contribution in [0.4, 0.5) is 0 Å². The Balaban J connectivity index is 2.48. The number of hydrogen-bond acceptors (Lipinski definition) is 5. The standard InChI is InChI=1S/C17H20N2O4/c1-4-7-19(5-2)16(20)13-9-12(15-18-6-8-23-15)10-14(11-13)17(21)22-3/h6,8-11H,4-5,7H2,1-3H3. The first-order valence-corrected chi connectivity index (χ1v) is 7.53. The monoisotopic (exact) mass is 316 g/mol. The van der Waals surface area contributed by atoms with Crippen LogP contribution in [-0.4, -0.2) is 42.0 Å². The Morgan fingerprint density at radius 1 is 1.22 bits per heavy atom. The lowest BCUT2D eigenvalue weighted by atomic mass is 10.0. The normalized spacial score (nSPS) is 10.4. The summed E-state index contributed by atoms with van der Waals surface area (Å²) in [7, 11) is 1.30. The maximum absolute atomic E-state index is 12.7. The molecule has 1 aromatic heterocycles. The molecule has 0 radical (unpaired) electrons. The minimum absolute atomic E-state index is 0.132. The summed E-state index contributed by atoms with van der Waals surface area (Å²) in [5.41, 5.74) is 1.27. The molecular weight excluding hydrogens is 296 g/mol. The molecule has 0 aliphatic carbocycles. The Morgan fingerprint density at radius 2 is 1.96 bits per heavy atom. The molecule has 0 aliphatic rings. The highest BCUT2D eigenvalue weighted by molar-refractivity contribution is 5.99. The van der Waals surface area contributed by atoms with E-state index in [2.05, 4.69) is 4.98 Å². The number of hydrogen-bond donors (Lipinski definition) is 0. The van der Waals surface area contributed by atoms with Crippen LogP contribution in [0.25, 0.3) is 11.5 Å². The molecule has 1 aromatic carbocycles. The highest BCUT2D eigenvalue weighted by atomic mass is 16.5. The molecule has 0 atom stereocenters. The fourth-order valence-electron chi connectivity index (χ4n) is 2.33. The summed E-state index contributed by atoms with van der Waals surface area (Å²) < 4.78 is 10.0. The van der Waals surface area contributed by atoms with Crippen molar-refractivity contribution in [3.63, 3.8) is 0 Å². The van der Waals surface area contributed by atoms with Crippen LogP contribution < -0.4 is 0 Å². The van der Waals surface area contributed by atoms with Crippen LogP contribution in [0, 0.1) is 0 Å². The van der Waals surface area contributed by atoms with E-state index in [1.54, 1.807) is 23.1 Å². The number of amides is 1. The third kappa shape index (κ3) is 3.77. The molecule has 1 amide bonds. The van der Waals surface area contributed by atoms with Gasteiger partial charge in [0.15, 0.2) is 0 Å². The van der Waals surface area contributed by atoms with E-state index in [1.807, 2.05) is 13.8 Å². The quantitative estimate of drug-likeness (QED) is 0.766. The third-order valence-corrected chi connectivity index (χ3v) is 3.44. The maximum atomic E-state index is 12.7. The number of rotatable bonds is 6. The number of nitrogens with zero attached hydrogens (tertiary/aromatic N) is 2. The summed E-state index contributed by atoms with van der Waals surface area (Å²) in [4.78, 5) is 30.4. The summed E-state index contributed by atoms with van der Waals surface area (Å²) in [5, 5.41) is 0. The van der Waals surface area contributed by atoms with Gasteiger partial charge in [-0.15, -0.1) is 0 Å². The lowest BCUT2D eigenvalue weighted by molar-refractivity contribution is 0.0600. The van der Waals surface area contributed by atoms with Gasteiger partial charge in [0.2, 0.25) is 5.89 Å². The van der Waals surface area contributed by atoms with Crippen molar-refractivity contribution in [2.75, 3.05) is 20.2 Å². The number of benzene rings is 1. The third-order valence-electron chi connectivity index (χ3n) is 3.44. The number of carbonyl (C=O) groups is 2. The van der Waals surface area contributed by atoms with E-state index < -0.39 is 5.97 Å². The van der Waals surface area contributed by atoms with Crippen molar-refractivity contribution in [1.82, 2.24) is 9.88 Å². The van der Waals surface area contributed by atoms with Crippen molar-refractivity contribution in [2.24, 2.45) is 0 Å². The first kappa shape index (κ1) is 16.7. The molecule has 0 saturated carbocycles. The first-order valence-electron chi connectivity index (χ1n) is 7.53. The van der Waals surface area contributed by atoms with Crippen molar-refractivity contribution in [3.8, 4) is 11.5 Å². The van der Waals surface area contributed by atoms with E-state index in [0.29, 0.717) is 35.7 Å². The summed E-state index contributed by atoms with van der Waals surface area (Å²) in [6, 6.07) is 4.82. The number of aromatic nitrogens is 1. The van der Waals surface area contributed by atoms with Crippen LogP contribution >= 0.6 is 0 Å². The minimum Gasteiger partial charge on any atom is -0.465 e. The second kappa shape index (κ2) is 7.58. The van der Waals surface area contributed by atoms with E-state index in [4.69, 9.17) is 9.15 Å². The van der Waals surface area contributed by atoms with E-state index >= 15 is 0 Å². The molecule has 6 nitrogen and oxygen atoms in total. The van der Waals surface area contributed by atoms with Crippen LogP contribution in [0.5, 0.6) is 0 Å². The number of carbonyl (C=O) groups excluding carboxylic acids is 2. The van der Waals surface area contributed by atoms with Crippen LogP contribution in [0.3, 0.4) is 0 Å². The summed E-state index contributed by atoms with van der Waals surface area (Å²) in [5.74, 6) is -0.290. The largest absolute Gasteiger partial charge is 0.465 e. The van der Waals surface area contributed by atoms with Gasteiger partial charge in [-0.1, -0.05) is 6.92 Å². The highest BCUT2D eigenvalue weighted by Gasteiger charge is 2.19. The second-order valence-electron chi connectivity index (χ2n) is 5.01. The predicted molar refractivity (Wildman–Crippen MR) is 85.1 cm³/mol. The van der Waals surface area contributed by atoms with Crippen molar-refractivity contribution < 1.29 is 18.7 Å². The molecule has 0 spiro atoms. The Bertz CT molecular complexity index is 680. The van der Waals surface area contributed by atoms with Gasteiger partial charge in [0.1, 0.15) is 6.26 Å². The van der Waals surface area contributed by atoms with Crippen LogP contribution in [0.1, 0.15) is 41.0 Å². The van der Waals surface area contributed by atoms with Gasteiger partial charge in [-0.2, -0.15) is 0 Å². The zero-order valence-electron chi connectivity index (χ0n) is 13.5. The average molecular weight is 316 g/mol. The smallest absolute Gasteiger partial charge is 0.337 e. The zero-order valence-corrected chi connectivity index (χ0v) is 13.5. The van der Waals surface area contributed by atoms with E-state index in [0.717, 1.165) is 6.42 Å². The Labute approximate surface area is 135 Å². The molecule has 1 heterocycles. The van der Waals surface area contributed by atoms with Crippen LogP contribution in [-0.2, 0) is 4.74 Å². The molecule has 2 rings (SSSR count). The molecule has 23 heavy (non-hydrogen) atoms. The van der Waals surface area contributed by atoms with Gasteiger partial charge in [0, 0.05) is 24.2 Å². The Hall–Kier alpha value is -2.63. The second-order valence-corrected chi connectivity index (χ2v) is 5.01. The lowest BCUT2D eigenvalue weighted by Gasteiger charge is -2.20. The maximum Gasteiger partial charge on any atom is 0.337 e. The molecule has 6 heteroatoms. The van der Waals surface area contributed by atoms with Gasteiger partial charge < -0.3 is 14.1 Å². The van der Waals surface area contributed by atoms with Crippen molar-refractivity contribution in [1.29, 1.82) is 0 Å². The van der Waals surface area contributed by atoms with Gasteiger partial charge in [0.25, 0.3) is 5.91 Å². The van der Waals surface area contributed by atoms with Crippen molar-refractivity contribution in [3.05, 3.63) is 41.8 Å². The lowest BCUT2D eigenvalue weighted by Crippen LogP contribution is -2.31. The molecule has 0 saturated heterocycles. The van der Waals surface area contributed by atoms with Crippen molar-refractivity contribution in [2.45, 2.75) is 20.3 Å². The number of oxazole rings is 1. The molecule has 0 N–H and O–H groups in total. The average Bonchev–Trinajstić information content (AvgIpc) is 3.12. The Morgan fingerprint density at radius 3 is 2.52 bits per heavy atom. The molecule has 0 aliphatic heterocycles. The van der Waals surface area contributed by atoms with Gasteiger partial charge in [0.05, 0.1) is 18.9 Å². The topological polar surface area (TPSA) is 72.6 Å². The fourth-order valence-corrected chi connectivity index (χ4v) is 2.33. The molecule has 122 valence electrons. The SMILES string of the molecule is CCCN(CC)C(=O)c1cc(C(=O)OC)cc(-c2ncco2)c1. The summed E-state index contributed by atoms with van der Waals surface area (Å²) >= 11 is 0. The Kier molecular flexibility index (Phi) is 5.51. The van der Waals surface area contributed by atoms with Gasteiger partial charge >= 0.3 is 5.97 Å². The predicted octanol–water partition coefficient (Wildman–Crippen LogP) is 3.00. The molecule has 0 fully saturated rings. The van der Waals surface area contributed by atoms with Crippen LogP contribution in [0.2, 0.25) is 0 Å². The molecule has 2 aromatic rings.